The zero-order valence-corrected chi connectivity index (χ0v) is 25.2. The monoisotopic (exact) mass is 632 g/mol. The van der Waals surface area contributed by atoms with Crippen LogP contribution in [0.1, 0.15) is 15.9 Å². The Hall–Kier alpha value is -3.83. The number of halogens is 1. The van der Waals surface area contributed by atoms with Crippen molar-refractivity contribution in [1.82, 2.24) is 24.2 Å². The lowest BCUT2D eigenvalue weighted by atomic mass is 10.1. The molecule has 16 heteroatoms. The van der Waals surface area contributed by atoms with Gasteiger partial charge < -0.3 is 33.9 Å². The minimum Gasteiger partial charge on any atom is -0.483 e. The summed E-state index contributed by atoms with van der Waals surface area (Å²) in [7, 11) is 0.161. The molecule has 44 heavy (non-hydrogen) atoms. The Kier molecular flexibility index (Phi) is 8.43. The van der Waals surface area contributed by atoms with E-state index in [-0.39, 0.29) is 67.6 Å². The van der Waals surface area contributed by atoms with Gasteiger partial charge in [-0.25, -0.2) is 18.1 Å². The van der Waals surface area contributed by atoms with E-state index in [0.29, 0.717) is 29.2 Å². The van der Waals surface area contributed by atoms with Crippen molar-refractivity contribution in [1.29, 1.82) is 0 Å². The molecule has 5 heterocycles. The lowest BCUT2D eigenvalue weighted by molar-refractivity contribution is -0.134. The highest BCUT2D eigenvalue weighted by molar-refractivity contribution is 8.00. The summed E-state index contributed by atoms with van der Waals surface area (Å²) in [5.41, 5.74) is 1.69. The number of benzene rings is 1. The van der Waals surface area contributed by atoms with E-state index in [0.717, 1.165) is 0 Å². The molecule has 2 aromatic heterocycles. The van der Waals surface area contributed by atoms with Crippen LogP contribution in [-0.2, 0) is 33.4 Å². The first-order valence-corrected chi connectivity index (χ1v) is 15.7. The van der Waals surface area contributed by atoms with Crippen LogP contribution >= 0.6 is 0 Å². The Morgan fingerprint density at radius 1 is 1.18 bits per heavy atom. The maximum Gasteiger partial charge on any atom is 0.264 e. The summed E-state index contributed by atoms with van der Waals surface area (Å²) >= 11 is 0. The van der Waals surface area contributed by atoms with Crippen LogP contribution in [0.25, 0.3) is 5.52 Å². The zero-order valence-electron chi connectivity index (χ0n) is 24.4. The largest absolute Gasteiger partial charge is 0.483 e. The number of aromatic nitrogens is 3. The van der Waals surface area contributed by atoms with Gasteiger partial charge in [0.05, 0.1) is 39.9 Å². The topological polar surface area (TPSA) is 155 Å². The van der Waals surface area contributed by atoms with E-state index >= 15 is 0 Å². The molecule has 0 radical (unpaired) electrons. The van der Waals surface area contributed by atoms with Gasteiger partial charge in [0.1, 0.15) is 48.3 Å². The van der Waals surface area contributed by atoms with Gasteiger partial charge in [-0.05, 0) is 24.6 Å². The molecular weight excluding hydrogens is 599 g/mol. The molecule has 1 aromatic carbocycles. The van der Waals surface area contributed by atoms with E-state index in [4.69, 9.17) is 23.7 Å². The summed E-state index contributed by atoms with van der Waals surface area (Å²) in [6, 6.07) is 4.08. The van der Waals surface area contributed by atoms with Gasteiger partial charge in [-0.15, -0.1) is 0 Å². The number of nitrogens with one attached hydrogen (secondary N) is 2. The molecule has 6 rings (SSSR count). The molecule has 3 aliphatic rings. The molecule has 2 fully saturated rings. The number of carbonyl (C=O) groups excluding carboxylic acids is 2. The van der Waals surface area contributed by atoms with Gasteiger partial charge in [-0.1, -0.05) is 0 Å². The van der Waals surface area contributed by atoms with Gasteiger partial charge in [-0.3, -0.25) is 14.3 Å². The summed E-state index contributed by atoms with van der Waals surface area (Å²) in [5.74, 6) is -0.605. The molecule has 0 spiro atoms. The van der Waals surface area contributed by atoms with Crippen LogP contribution in [0.5, 0.6) is 5.75 Å². The molecule has 0 aliphatic carbocycles. The van der Waals surface area contributed by atoms with E-state index in [1.807, 2.05) is 0 Å². The van der Waals surface area contributed by atoms with E-state index < -0.39 is 27.5 Å². The van der Waals surface area contributed by atoms with Crippen molar-refractivity contribution in [3.05, 3.63) is 47.7 Å². The third-order valence-electron chi connectivity index (χ3n) is 7.93. The second-order valence-corrected chi connectivity index (χ2v) is 13.1. The fourth-order valence-electron chi connectivity index (χ4n) is 5.58. The predicted octanol–water partition coefficient (Wildman–Crippen LogP) is 0.700. The number of fused-ring (bicyclic) bond motifs is 2. The number of nitrogens with zero attached hydrogens (tertiary/aromatic N) is 4. The molecular formula is C28H33FN6O8S. The molecule has 2 N–H and O–H groups in total. The standard InChI is InChI=1S/C28H33FN6O8S/c1-16-18(28(37)33-44(38)8-6-34(7-9-44)23(36)14-39-2)11-35-24(16)27(30-15-31-35)32-19-5-4-17(29)10-20(19)43-22-13-42-25-21(40-3)12-41-26(22)25/h4-5,8,10-11,15,21-22,25-26H,6-7,9,12-14H2,1-3H3,(H,30,31,32)(H,33,37,38). The van der Waals surface area contributed by atoms with Crippen molar-refractivity contribution < 1.29 is 41.9 Å². The van der Waals surface area contributed by atoms with Crippen LogP contribution < -0.4 is 14.8 Å². The van der Waals surface area contributed by atoms with Gasteiger partial charge in [0, 0.05) is 44.9 Å². The van der Waals surface area contributed by atoms with Crippen LogP contribution in [0.3, 0.4) is 0 Å². The average Bonchev–Trinajstić information content (AvgIpc) is 3.69. The highest BCUT2D eigenvalue weighted by Crippen LogP contribution is 2.36. The first-order valence-electron chi connectivity index (χ1n) is 14.0. The van der Waals surface area contributed by atoms with Crippen molar-refractivity contribution in [3.8, 4) is 5.75 Å². The van der Waals surface area contributed by atoms with Crippen molar-refractivity contribution in [2.45, 2.75) is 31.3 Å². The highest BCUT2D eigenvalue weighted by Gasteiger charge is 2.49. The summed E-state index contributed by atoms with van der Waals surface area (Å²) < 4.78 is 60.1. The Morgan fingerprint density at radius 2 is 1.95 bits per heavy atom. The van der Waals surface area contributed by atoms with Crippen molar-refractivity contribution in [3.63, 3.8) is 0 Å². The Labute approximate surface area is 252 Å². The Morgan fingerprint density at radius 3 is 2.68 bits per heavy atom. The number of anilines is 2. The normalized spacial score (nSPS) is 26.3. The molecule has 5 unspecified atom stereocenters. The molecule has 5 atom stereocenters. The van der Waals surface area contributed by atoms with Crippen LogP contribution in [0.2, 0.25) is 0 Å². The maximum absolute atomic E-state index is 14.4. The smallest absolute Gasteiger partial charge is 0.264 e. The quantitative estimate of drug-likeness (QED) is 0.321. The molecule has 2 amide bonds. The first kappa shape index (κ1) is 30.2. The number of ether oxygens (including phenoxy) is 5. The highest BCUT2D eigenvalue weighted by atomic mass is 32.2. The van der Waals surface area contributed by atoms with Gasteiger partial charge >= 0.3 is 0 Å². The van der Waals surface area contributed by atoms with Crippen LogP contribution in [0.4, 0.5) is 15.9 Å². The van der Waals surface area contributed by atoms with Crippen molar-refractivity contribution in [2.24, 2.45) is 0 Å². The zero-order chi connectivity index (χ0) is 31.0. The Balaban J connectivity index is 1.22. The lowest BCUT2D eigenvalue weighted by Gasteiger charge is -2.27. The SMILES string of the molecule is COCC(=O)N1CC=S(=O)(NC(=O)c2cn3ncnc(Nc4ccc(F)cc4OC4COC5C(OC)COC45)c3c2C)CC1. The van der Waals surface area contributed by atoms with Crippen LogP contribution in [0, 0.1) is 12.7 Å². The predicted molar refractivity (Wildman–Crippen MR) is 157 cm³/mol. The first-order chi connectivity index (χ1) is 21.2. The number of hydrogen-bond acceptors (Lipinski definition) is 11. The number of aryl methyl sites for hydroxylation is 1. The van der Waals surface area contributed by atoms with E-state index in [1.165, 1.54) is 52.6 Å². The van der Waals surface area contributed by atoms with Gasteiger partial charge in [0.25, 0.3) is 5.91 Å². The number of rotatable bonds is 9. The molecule has 3 aromatic rings. The van der Waals surface area contributed by atoms with Gasteiger partial charge in [0.15, 0.2) is 11.9 Å². The third-order valence-corrected chi connectivity index (χ3v) is 9.93. The molecule has 0 bridgehead atoms. The van der Waals surface area contributed by atoms with Crippen molar-refractivity contribution in [2.75, 3.05) is 58.2 Å². The number of hydrogen-bond donors (Lipinski definition) is 2. The third kappa shape index (κ3) is 5.82. The average molecular weight is 633 g/mol. The Bertz CT molecular complexity index is 1710. The van der Waals surface area contributed by atoms with Gasteiger partial charge in [0.2, 0.25) is 5.91 Å². The van der Waals surface area contributed by atoms with E-state index in [2.05, 4.69) is 20.1 Å². The number of carbonyl (C=O) groups is 2. The van der Waals surface area contributed by atoms with E-state index in [9.17, 15) is 18.2 Å². The summed E-state index contributed by atoms with van der Waals surface area (Å²) in [5, 5.41) is 8.89. The second-order valence-electron chi connectivity index (χ2n) is 10.7. The molecule has 0 saturated carbocycles. The van der Waals surface area contributed by atoms with Crippen LogP contribution in [0.15, 0.2) is 30.7 Å². The minimum absolute atomic E-state index is 0.0694. The number of methoxy groups -OCH3 is 2. The van der Waals surface area contributed by atoms with Crippen molar-refractivity contribution >= 4 is 43.9 Å². The van der Waals surface area contributed by atoms with E-state index in [1.54, 1.807) is 14.0 Å². The minimum atomic E-state index is -2.87. The molecule has 236 valence electrons. The van der Waals surface area contributed by atoms with Crippen LogP contribution in [-0.4, -0.2) is 118 Å². The second kappa shape index (κ2) is 12.3. The fourth-order valence-corrected chi connectivity index (χ4v) is 7.27. The summed E-state index contributed by atoms with van der Waals surface area (Å²) in [6.45, 7) is 2.64. The number of amides is 2. The molecule has 14 nitrogen and oxygen atoms in total. The van der Waals surface area contributed by atoms with Gasteiger partial charge in [-0.2, -0.15) is 5.10 Å². The fraction of sp³-hybridized carbons (Fsp3) is 0.464. The maximum atomic E-state index is 14.4. The summed E-state index contributed by atoms with van der Waals surface area (Å²) in [4.78, 5) is 31.3. The molecule has 2 saturated heterocycles. The molecule has 3 aliphatic heterocycles. The summed E-state index contributed by atoms with van der Waals surface area (Å²) in [6.07, 6.45) is 1.51. The lowest BCUT2D eigenvalue weighted by Crippen LogP contribution is -2.47.